The number of aromatic nitrogens is 1. The molecule has 3 fully saturated rings. The highest BCUT2D eigenvalue weighted by atomic mass is 16.6. The Hall–Kier alpha value is -5.25. The van der Waals surface area contributed by atoms with Gasteiger partial charge in [0, 0.05) is 28.6 Å². The number of nitro groups is 1. The number of amides is 2. The summed E-state index contributed by atoms with van der Waals surface area (Å²) in [5.74, 6) is -1.22. The number of pyridine rings is 1. The van der Waals surface area contributed by atoms with Crippen LogP contribution in [0.25, 0.3) is 22.2 Å². The summed E-state index contributed by atoms with van der Waals surface area (Å²) in [4.78, 5) is 68.9. The first kappa shape index (κ1) is 27.6. The van der Waals surface area contributed by atoms with Gasteiger partial charge in [-0.1, -0.05) is 23.8 Å². The number of aryl methyl sites for hydroxylation is 1. The van der Waals surface area contributed by atoms with Crippen molar-refractivity contribution in [1.82, 2.24) is 4.98 Å². The molecule has 0 unspecified atom stereocenters. The lowest BCUT2D eigenvalue weighted by molar-refractivity contribution is -0.384. The fourth-order valence-electron chi connectivity index (χ4n) is 7.16. The first-order valence-electron chi connectivity index (χ1n) is 14.5. The number of esters is 1. The summed E-state index contributed by atoms with van der Waals surface area (Å²) in [5.41, 5.74) is 3.41. The minimum absolute atomic E-state index is 0.104. The second kappa shape index (κ2) is 10.5. The number of carbonyl (C=O) groups is 4. The standard InChI is InChI=1S/C34H27N3O7/c1-18-2-13-27-25(14-18)26(34(41)44-17-29(38)20-7-11-24(12-8-20)37(42)43)16-28(35-27)19-5-9-23(10-6-19)36-32(39)30-21-3-4-22(15-21)31(30)33(36)40/h2,5-14,16,21-22,30-31H,3-4,15,17H2,1H3/t21-,22-,30-,31-/m0/s1. The van der Waals surface area contributed by atoms with Gasteiger partial charge in [0.15, 0.2) is 12.4 Å². The van der Waals surface area contributed by atoms with Crippen molar-refractivity contribution in [2.75, 3.05) is 11.5 Å². The number of nitrogens with zero attached hydrogens (tertiary/aromatic N) is 3. The van der Waals surface area contributed by atoms with Crippen LogP contribution in [0.1, 0.15) is 45.5 Å². The summed E-state index contributed by atoms with van der Waals surface area (Å²) in [6.07, 6.45) is 3.00. The van der Waals surface area contributed by atoms with E-state index in [0.29, 0.717) is 39.7 Å². The highest BCUT2D eigenvalue weighted by Gasteiger charge is 2.61. The number of hydrogen-bond acceptors (Lipinski definition) is 8. The molecule has 7 rings (SSSR count). The first-order valence-corrected chi connectivity index (χ1v) is 14.5. The summed E-state index contributed by atoms with van der Waals surface area (Å²) < 4.78 is 5.40. The fraction of sp³-hybridized carbons (Fsp3) is 0.265. The molecule has 2 saturated carbocycles. The van der Waals surface area contributed by atoms with Crippen LogP contribution in [-0.2, 0) is 14.3 Å². The summed E-state index contributed by atoms with van der Waals surface area (Å²) in [7, 11) is 0. The number of benzene rings is 3. The number of hydrogen-bond donors (Lipinski definition) is 0. The van der Waals surface area contributed by atoms with E-state index in [2.05, 4.69) is 0 Å². The van der Waals surface area contributed by atoms with Crippen molar-refractivity contribution in [3.05, 3.63) is 99.6 Å². The number of imide groups is 1. The molecule has 10 heteroatoms. The van der Waals surface area contributed by atoms with Crippen molar-refractivity contribution >= 4 is 45.8 Å². The molecule has 1 saturated heterocycles. The number of nitro benzene ring substituents is 1. The predicted molar refractivity (Wildman–Crippen MR) is 160 cm³/mol. The number of ketones is 1. The van der Waals surface area contributed by atoms with Crippen LogP contribution in [0.4, 0.5) is 11.4 Å². The minimum Gasteiger partial charge on any atom is -0.454 e. The maximum Gasteiger partial charge on any atom is 0.339 e. The second-order valence-corrected chi connectivity index (χ2v) is 11.8. The Kier molecular flexibility index (Phi) is 6.57. The molecule has 0 spiro atoms. The third-order valence-electron chi connectivity index (χ3n) is 9.27. The Balaban J connectivity index is 1.14. The molecule has 2 bridgehead atoms. The molecule has 0 N–H and O–H groups in total. The Morgan fingerprint density at radius 2 is 1.59 bits per heavy atom. The zero-order valence-electron chi connectivity index (χ0n) is 23.8. The molecule has 4 atom stereocenters. The molecule has 3 aliphatic rings. The van der Waals surface area contributed by atoms with Crippen LogP contribution in [0.3, 0.4) is 0 Å². The minimum atomic E-state index is -0.717. The van der Waals surface area contributed by atoms with Crippen molar-refractivity contribution < 1.29 is 28.8 Å². The van der Waals surface area contributed by atoms with E-state index in [1.165, 1.54) is 29.2 Å². The highest BCUT2D eigenvalue weighted by Crippen LogP contribution is 2.56. The maximum absolute atomic E-state index is 13.3. The molecule has 44 heavy (non-hydrogen) atoms. The van der Waals surface area contributed by atoms with Gasteiger partial charge in [-0.25, -0.2) is 9.78 Å². The van der Waals surface area contributed by atoms with E-state index < -0.39 is 23.3 Å². The fourth-order valence-corrected chi connectivity index (χ4v) is 7.16. The lowest BCUT2D eigenvalue weighted by atomic mass is 9.81. The summed E-state index contributed by atoms with van der Waals surface area (Å²) in [5, 5.41) is 11.5. The van der Waals surface area contributed by atoms with Gasteiger partial charge in [0.2, 0.25) is 11.8 Å². The molecule has 10 nitrogen and oxygen atoms in total. The number of anilines is 1. The third-order valence-corrected chi connectivity index (χ3v) is 9.27. The van der Waals surface area contributed by atoms with Crippen LogP contribution < -0.4 is 4.90 Å². The zero-order chi connectivity index (χ0) is 30.7. The van der Waals surface area contributed by atoms with Crippen molar-refractivity contribution in [3.63, 3.8) is 0 Å². The topological polar surface area (TPSA) is 137 Å². The Morgan fingerprint density at radius 3 is 2.23 bits per heavy atom. The smallest absolute Gasteiger partial charge is 0.339 e. The van der Waals surface area contributed by atoms with Crippen molar-refractivity contribution in [1.29, 1.82) is 0 Å². The molecule has 4 aromatic rings. The second-order valence-electron chi connectivity index (χ2n) is 11.8. The molecule has 2 amide bonds. The highest BCUT2D eigenvalue weighted by molar-refractivity contribution is 6.22. The van der Waals surface area contributed by atoms with Gasteiger partial charge in [-0.2, -0.15) is 0 Å². The summed E-state index contributed by atoms with van der Waals surface area (Å²) in [6, 6.07) is 19.2. The van der Waals surface area contributed by atoms with Crippen LogP contribution in [0, 0.1) is 40.7 Å². The molecular formula is C34H27N3O7. The molecule has 0 radical (unpaired) electrons. The van der Waals surface area contributed by atoms with E-state index in [1.54, 1.807) is 36.4 Å². The molecule has 1 aromatic heterocycles. The Morgan fingerprint density at radius 1 is 0.932 bits per heavy atom. The molecular weight excluding hydrogens is 562 g/mol. The Labute approximate surface area is 251 Å². The molecule has 2 aliphatic carbocycles. The van der Waals surface area contributed by atoms with E-state index >= 15 is 0 Å². The van der Waals surface area contributed by atoms with E-state index in [1.807, 2.05) is 19.1 Å². The number of non-ortho nitro benzene ring substituents is 1. The van der Waals surface area contributed by atoms with Gasteiger partial charge in [0.1, 0.15) is 0 Å². The third kappa shape index (κ3) is 4.54. The number of rotatable bonds is 7. The SMILES string of the molecule is Cc1ccc2nc(-c3ccc(N4C(=O)[C@H]5[C@H]6CC[C@@H](C6)[C@@H]5C4=O)cc3)cc(C(=O)OCC(=O)c3ccc([N+](=O)[O-])cc3)c2c1. The largest absolute Gasteiger partial charge is 0.454 e. The first-order chi connectivity index (χ1) is 21.2. The summed E-state index contributed by atoms with van der Waals surface area (Å²) in [6.45, 7) is 1.34. The monoisotopic (exact) mass is 589 g/mol. The molecule has 2 heterocycles. The van der Waals surface area contributed by atoms with Gasteiger partial charge < -0.3 is 4.74 Å². The van der Waals surface area contributed by atoms with Crippen LogP contribution in [0.2, 0.25) is 0 Å². The average molecular weight is 590 g/mol. The number of carbonyl (C=O) groups excluding carboxylic acids is 4. The van der Waals surface area contributed by atoms with Crippen molar-refractivity contribution in [2.24, 2.45) is 23.7 Å². The van der Waals surface area contributed by atoms with Crippen molar-refractivity contribution in [2.45, 2.75) is 26.2 Å². The lowest BCUT2D eigenvalue weighted by Crippen LogP contribution is -2.32. The predicted octanol–water partition coefficient (Wildman–Crippen LogP) is 5.69. The van der Waals surface area contributed by atoms with Crippen LogP contribution in [0.5, 0.6) is 0 Å². The maximum atomic E-state index is 13.3. The van der Waals surface area contributed by atoms with E-state index in [0.717, 1.165) is 24.8 Å². The molecule has 1 aliphatic heterocycles. The van der Waals surface area contributed by atoms with Gasteiger partial charge in [-0.3, -0.25) is 29.4 Å². The van der Waals surface area contributed by atoms with Crippen LogP contribution >= 0.6 is 0 Å². The van der Waals surface area contributed by atoms with Crippen molar-refractivity contribution in [3.8, 4) is 11.3 Å². The van der Waals surface area contributed by atoms with Gasteiger partial charge in [0.05, 0.1) is 39.2 Å². The van der Waals surface area contributed by atoms with E-state index in [4.69, 9.17) is 9.72 Å². The van der Waals surface area contributed by atoms with Gasteiger partial charge in [-0.15, -0.1) is 0 Å². The van der Waals surface area contributed by atoms with Crippen LogP contribution in [0.15, 0.2) is 72.8 Å². The van der Waals surface area contributed by atoms with Gasteiger partial charge >= 0.3 is 5.97 Å². The average Bonchev–Trinajstić information content (AvgIpc) is 3.72. The summed E-state index contributed by atoms with van der Waals surface area (Å²) >= 11 is 0. The lowest BCUT2D eigenvalue weighted by Gasteiger charge is -2.19. The molecule has 3 aromatic carbocycles. The normalized spacial score (nSPS) is 22.0. The van der Waals surface area contributed by atoms with E-state index in [-0.39, 0.29) is 40.5 Å². The van der Waals surface area contributed by atoms with Gasteiger partial charge in [-0.05, 0) is 80.5 Å². The quantitative estimate of drug-likeness (QED) is 0.0881. The number of Topliss-reactive ketones (excluding diaryl/α,β-unsaturated/α-hetero) is 1. The van der Waals surface area contributed by atoms with Crippen LogP contribution in [-0.4, -0.2) is 40.1 Å². The Bertz CT molecular complexity index is 1860. The molecule has 220 valence electrons. The van der Waals surface area contributed by atoms with E-state index in [9.17, 15) is 29.3 Å². The number of fused-ring (bicyclic) bond motifs is 6. The van der Waals surface area contributed by atoms with Gasteiger partial charge in [0.25, 0.3) is 5.69 Å². The zero-order valence-corrected chi connectivity index (χ0v) is 23.8. The number of ether oxygens (including phenoxy) is 1.